The van der Waals surface area contributed by atoms with Crippen molar-refractivity contribution < 1.29 is 4.74 Å². The second kappa shape index (κ2) is 8.75. The highest BCUT2D eigenvalue weighted by Crippen LogP contribution is 2.41. The van der Waals surface area contributed by atoms with Crippen molar-refractivity contribution in [3.8, 4) is 11.4 Å². The number of aromatic nitrogens is 4. The second-order valence-electron chi connectivity index (χ2n) is 8.25. The fourth-order valence-electron chi connectivity index (χ4n) is 4.41. The summed E-state index contributed by atoms with van der Waals surface area (Å²) in [7, 11) is 5.69. The van der Waals surface area contributed by atoms with Crippen molar-refractivity contribution in [2.45, 2.75) is 18.8 Å². The van der Waals surface area contributed by atoms with Crippen LogP contribution in [-0.4, -0.2) is 40.7 Å². The van der Waals surface area contributed by atoms with Gasteiger partial charge in [-0.3, -0.25) is 0 Å². The Hall–Kier alpha value is -3.58. The number of ether oxygens (including phenoxy) is 1. The minimum Gasteiger partial charge on any atom is -0.494 e. The van der Waals surface area contributed by atoms with Gasteiger partial charge in [-0.05, 0) is 30.5 Å². The third-order valence-electron chi connectivity index (χ3n) is 5.92. The molecular weight excluding hydrogens is 436 g/mol. The van der Waals surface area contributed by atoms with Crippen molar-refractivity contribution in [2.24, 2.45) is 0 Å². The SMILES string of the molecule is COc1cc(Nc2nc3c(c(N(C)C)n2)CCC3c2ccccc2)ccc1-n1cnc(Cl)c1. The normalized spacial score (nSPS) is 14.7. The molecule has 0 aliphatic heterocycles. The summed E-state index contributed by atoms with van der Waals surface area (Å²) in [4.78, 5) is 15.9. The van der Waals surface area contributed by atoms with Crippen molar-refractivity contribution in [3.05, 3.63) is 83.0 Å². The summed E-state index contributed by atoms with van der Waals surface area (Å²) < 4.78 is 7.44. The largest absolute Gasteiger partial charge is 0.494 e. The van der Waals surface area contributed by atoms with E-state index in [0.717, 1.165) is 35.7 Å². The van der Waals surface area contributed by atoms with E-state index in [-0.39, 0.29) is 5.92 Å². The van der Waals surface area contributed by atoms with Gasteiger partial charge in [-0.1, -0.05) is 41.9 Å². The molecule has 0 saturated heterocycles. The molecule has 2 aromatic heterocycles. The predicted molar refractivity (Wildman–Crippen MR) is 131 cm³/mol. The lowest BCUT2D eigenvalue weighted by Gasteiger charge is -2.19. The molecule has 1 aliphatic rings. The quantitative estimate of drug-likeness (QED) is 0.426. The average Bonchev–Trinajstić information content (AvgIpc) is 3.45. The van der Waals surface area contributed by atoms with Crippen LogP contribution in [0.25, 0.3) is 5.69 Å². The van der Waals surface area contributed by atoms with E-state index in [1.807, 2.05) is 42.9 Å². The van der Waals surface area contributed by atoms with Crippen molar-refractivity contribution >= 4 is 29.1 Å². The molecule has 0 bridgehead atoms. The number of anilines is 3. The Morgan fingerprint density at radius 3 is 2.64 bits per heavy atom. The first-order chi connectivity index (χ1) is 16.0. The van der Waals surface area contributed by atoms with Gasteiger partial charge in [-0.15, -0.1) is 0 Å². The smallest absolute Gasteiger partial charge is 0.229 e. The zero-order valence-corrected chi connectivity index (χ0v) is 19.5. The Morgan fingerprint density at radius 1 is 1.12 bits per heavy atom. The van der Waals surface area contributed by atoms with Gasteiger partial charge in [0.05, 0.1) is 18.5 Å². The Kier molecular flexibility index (Phi) is 5.64. The Labute approximate surface area is 198 Å². The van der Waals surface area contributed by atoms with Crippen molar-refractivity contribution in [1.29, 1.82) is 0 Å². The molecule has 1 atom stereocenters. The summed E-state index contributed by atoms with van der Waals surface area (Å²) >= 11 is 5.98. The van der Waals surface area contributed by atoms with Gasteiger partial charge in [-0.2, -0.15) is 4.98 Å². The summed E-state index contributed by atoms with van der Waals surface area (Å²) in [6, 6.07) is 16.4. The highest BCUT2D eigenvalue weighted by Gasteiger charge is 2.30. The third kappa shape index (κ3) is 4.12. The number of hydrogen-bond donors (Lipinski definition) is 1. The number of methoxy groups -OCH3 is 1. The van der Waals surface area contributed by atoms with Crippen LogP contribution in [0.4, 0.5) is 17.5 Å². The topological polar surface area (TPSA) is 68.1 Å². The molecule has 0 spiro atoms. The molecule has 8 heteroatoms. The zero-order valence-electron chi connectivity index (χ0n) is 18.8. The second-order valence-corrected chi connectivity index (χ2v) is 8.63. The highest BCUT2D eigenvalue weighted by molar-refractivity contribution is 6.29. The standard InChI is InChI=1S/C25H25ClN6O/c1-31(2)24-19-11-10-18(16-7-5-4-6-8-16)23(19)29-25(30-24)28-17-9-12-20(21(13-17)33-3)32-14-22(26)27-15-32/h4-9,12-15,18H,10-11H2,1-3H3,(H,28,29,30). The average molecular weight is 461 g/mol. The molecule has 168 valence electrons. The van der Waals surface area contributed by atoms with E-state index in [1.165, 1.54) is 11.1 Å². The highest BCUT2D eigenvalue weighted by atomic mass is 35.5. The van der Waals surface area contributed by atoms with Gasteiger partial charge >= 0.3 is 0 Å². The van der Waals surface area contributed by atoms with Crippen molar-refractivity contribution in [1.82, 2.24) is 19.5 Å². The maximum atomic E-state index is 5.98. The number of halogens is 1. The van der Waals surface area contributed by atoms with E-state index in [9.17, 15) is 0 Å². The Morgan fingerprint density at radius 2 is 1.94 bits per heavy atom. The first-order valence-electron chi connectivity index (χ1n) is 10.8. The monoisotopic (exact) mass is 460 g/mol. The molecule has 2 heterocycles. The van der Waals surface area contributed by atoms with Crippen LogP contribution >= 0.6 is 11.6 Å². The minimum atomic E-state index is 0.270. The maximum Gasteiger partial charge on any atom is 0.229 e. The lowest BCUT2D eigenvalue weighted by Crippen LogP contribution is -2.16. The molecule has 0 amide bonds. The maximum absolute atomic E-state index is 5.98. The van der Waals surface area contributed by atoms with Crippen molar-refractivity contribution in [2.75, 3.05) is 31.4 Å². The number of imidazole rings is 1. The van der Waals surface area contributed by atoms with Crippen LogP contribution in [0.5, 0.6) is 5.75 Å². The molecule has 2 aromatic carbocycles. The van der Waals surface area contributed by atoms with Crippen LogP contribution in [-0.2, 0) is 6.42 Å². The number of nitrogens with one attached hydrogen (secondary N) is 1. The Bertz CT molecular complexity index is 1290. The van der Waals surface area contributed by atoms with Gasteiger partial charge in [0.15, 0.2) is 0 Å². The molecule has 0 saturated carbocycles. The molecule has 0 radical (unpaired) electrons. The fraction of sp³-hybridized carbons (Fsp3) is 0.240. The van der Waals surface area contributed by atoms with Crippen LogP contribution in [0.3, 0.4) is 0 Å². The van der Waals surface area contributed by atoms with Gasteiger partial charge < -0.3 is 19.5 Å². The molecule has 1 aliphatic carbocycles. The third-order valence-corrected chi connectivity index (χ3v) is 6.12. The summed E-state index contributed by atoms with van der Waals surface area (Å²) in [6.07, 6.45) is 5.40. The first-order valence-corrected chi connectivity index (χ1v) is 11.2. The molecule has 1 N–H and O–H groups in total. The molecule has 5 rings (SSSR count). The van der Waals surface area contributed by atoms with Gasteiger partial charge in [0.2, 0.25) is 5.95 Å². The van der Waals surface area contributed by atoms with E-state index < -0.39 is 0 Å². The van der Waals surface area contributed by atoms with Gasteiger partial charge in [0.1, 0.15) is 23.0 Å². The van der Waals surface area contributed by atoms with Crippen molar-refractivity contribution in [3.63, 3.8) is 0 Å². The number of fused-ring (bicyclic) bond motifs is 1. The summed E-state index contributed by atoms with van der Waals surface area (Å²) in [5.74, 6) is 2.48. The zero-order chi connectivity index (χ0) is 22.9. The predicted octanol–water partition coefficient (Wildman–Crippen LogP) is 5.21. The van der Waals surface area contributed by atoms with Crippen LogP contribution in [0.2, 0.25) is 5.15 Å². The number of hydrogen-bond acceptors (Lipinski definition) is 6. The molecule has 4 aromatic rings. The van der Waals surface area contributed by atoms with Gasteiger partial charge in [0.25, 0.3) is 0 Å². The first kappa shape index (κ1) is 21.3. The summed E-state index contributed by atoms with van der Waals surface area (Å²) in [5.41, 5.74) is 5.29. The van der Waals surface area contributed by atoms with Gasteiger partial charge in [0, 0.05) is 43.5 Å². The number of rotatable bonds is 6. The summed E-state index contributed by atoms with van der Waals surface area (Å²) in [6.45, 7) is 0. The van der Waals surface area contributed by atoms with E-state index >= 15 is 0 Å². The molecule has 33 heavy (non-hydrogen) atoms. The lowest BCUT2D eigenvalue weighted by molar-refractivity contribution is 0.413. The number of benzene rings is 2. The minimum absolute atomic E-state index is 0.270. The number of nitrogens with zero attached hydrogens (tertiary/aromatic N) is 5. The van der Waals surface area contributed by atoms with Crippen LogP contribution < -0.4 is 15.0 Å². The Balaban J connectivity index is 1.51. The van der Waals surface area contributed by atoms with E-state index in [0.29, 0.717) is 16.9 Å². The van der Waals surface area contributed by atoms with Crippen LogP contribution in [0.15, 0.2) is 61.1 Å². The van der Waals surface area contributed by atoms with E-state index in [1.54, 1.807) is 19.6 Å². The van der Waals surface area contributed by atoms with Crippen LogP contribution in [0.1, 0.15) is 29.2 Å². The van der Waals surface area contributed by atoms with Crippen LogP contribution in [0, 0.1) is 0 Å². The van der Waals surface area contributed by atoms with Gasteiger partial charge in [-0.25, -0.2) is 9.97 Å². The van der Waals surface area contributed by atoms with E-state index in [4.69, 9.17) is 26.3 Å². The molecule has 7 nitrogen and oxygen atoms in total. The fourth-order valence-corrected chi connectivity index (χ4v) is 4.56. The summed E-state index contributed by atoms with van der Waals surface area (Å²) in [5, 5.41) is 3.81. The molecule has 1 unspecified atom stereocenters. The molecular formula is C25H25ClN6O. The molecule has 0 fully saturated rings. The van der Waals surface area contributed by atoms with E-state index in [2.05, 4.69) is 39.5 Å². The lowest BCUT2D eigenvalue weighted by atomic mass is 9.97.